The van der Waals surface area contributed by atoms with Gasteiger partial charge in [0.15, 0.2) is 5.78 Å². The lowest BCUT2D eigenvalue weighted by molar-refractivity contribution is -0.899. The molecule has 2 atom stereocenters. The van der Waals surface area contributed by atoms with Gasteiger partial charge >= 0.3 is 0 Å². The molecular weight excluding hydrogens is 436 g/mol. The number of likely N-dealkylation sites (tertiary alicyclic amines) is 1. The maximum atomic E-state index is 13.3. The summed E-state index contributed by atoms with van der Waals surface area (Å²) in [6.07, 6.45) is 2.20. The van der Waals surface area contributed by atoms with Crippen LogP contribution >= 0.6 is 0 Å². The molecule has 0 bridgehead atoms. The molecule has 1 heterocycles. The van der Waals surface area contributed by atoms with Gasteiger partial charge in [-0.3, -0.25) is 9.59 Å². The Balaban J connectivity index is 1.51. The van der Waals surface area contributed by atoms with Gasteiger partial charge in [0.2, 0.25) is 5.91 Å². The van der Waals surface area contributed by atoms with Gasteiger partial charge in [-0.15, -0.1) is 0 Å². The van der Waals surface area contributed by atoms with Gasteiger partial charge in [-0.1, -0.05) is 60.7 Å². The number of methoxy groups -OCH3 is 1. The van der Waals surface area contributed by atoms with Crippen LogP contribution in [0.2, 0.25) is 0 Å². The highest BCUT2D eigenvalue weighted by Crippen LogP contribution is 2.45. The number of benzene rings is 3. The molecule has 182 valence electrons. The number of primary amides is 1. The van der Waals surface area contributed by atoms with Crippen LogP contribution in [-0.4, -0.2) is 50.0 Å². The molecule has 1 fully saturated rings. The number of nitrogens with zero attached hydrogens (tertiary/aromatic N) is 1. The Kier molecular flexibility index (Phi) is 7.37. The molecule has 3 aromatic rings. The summed E-state index contributed by atoms with van der Waals surface area (Å²) >= 11 is 0. The molecule has 1 aliphatic rings. The number of ketones is 1. The van der Waals surface area contributed by atoms with Gasteiger partial charge in [-0.2, -0.15) is 0 Å². The molecule has 1 saturated heterocycles. The molecule has 2 N–H and O–H groups in total. The number of carbonyl (C=O) groups excluding carboxylic acids is 2. The van der Waals surface area contributed by atoms with Crippen LogP contribution in [0.15, 0.2) is 84.9 Å². The standard InChI is InChI=1S/C30H34N2O3/c1-32(20-9-14-28(33)23-15-17-27(35-2)18-16-23)21-19-26(22-32)30(29(31)34,24-10-5-3-6-11-24)25-12-7-4-8-13-25/h3-8,10-13,15-18,26H,9,14,19-22H2,1-2H3,(H-,31,34)/p+1/t26-,32?/m1/s1. The van der Waals surface area contributed by atoms with Crippen LogP contribution < -0.4 is 10.5 Å². The van der Waals surface area contributed by atoms with Crippen LogP contribution in [0.25, 0.3) is 0 Å². The number of nitrogens with two attached hydrogens (primary N) is 1. The van der Waals surface area contributed by atoms with Crippen molar-refractivity contribution in [1.29, 1.82) is 0 Å². The van der Waals surface area contributed by atoms with E-state index in [-0.39, 0.29) is 17.6 Å². The lowest BCUT2D eigenvalue weighted by Gasteiger charge is -2.38. The Hall–Kier alpha value is -3.44. The van der Waals surface area contributed by atoms with Gasteiger partial charge in [0.1, 0.15) is 11.2 Å². The molecule has 5 nitrogen and oxygen atoms in total. The predicted molar refractivity (Wildman–Crippen MR) is 138 cm³/mol. The van der Waals surface area contributed by atoms with E-state index in [9.17, 15) is 9.59 Å². The Morgan fingerprint density at radius 1 is 0.943 bits per heavy atom. The first-order valence-corrected chi connectivity index (χ1v) is 12.3. The fraction of sp³-hybridized carbons (Fsp3) is 0.333. The molecule has 35 heavy (non-hydrogen) atoms. The third kappa shape index (κ3) is 5.01. The summed E-state index contributed by atoms with van der Waals surface area (Å²) in [7, 11) is 3.85. The van der Waals surface area contributed by atoms with E-state index in [0.29, 0.717) is 12.0 Å². The Bertz CT molecular complexity index is 1110. The number of rotatable bonds is 10. The van der Waals surface area contributed by atoms with Crippen molar-refractivity contribution in [2.24, 2.45) is 11.7 Å². The van der Waals surface area contributed by atoms with Crippen molar-refractivity contribution in [3.8, 4) is 5.75 Å². The molecule has 5 heteroatoms. The minimum Gasteiger partial charge on any atom is -0.497 e. The molecular formula is C30H35N2O3+. The highest BCUT2D eigenvalue weighted by Gasteiger charge is 2.53. The van der Waals surface area contributed by atoms with Crippen LogP contribution in [0.3, 0.4) is 0 Å². The number of ether oxygens (including phenoxy) is 1. The fourth-order valence-electron chi connectivity index (χ4n) is 5.81. The van der Waals surface area contributed by atoms with Crippen molar-refractivity contribution in [2.45, 2.75) is 24.7 Å². The fourth-order valence-corrected chi connectivity index (χ4v) is 5.81. The predicted octanol–water partition coefficient (Wildman–Crippen LogP) is 4.60. The van der Waals surface area contributed by atoms with Gasteiger partial charge in [0, 0.05) is 30.7 Å². The second kappa shape index (κ2) is 10.4. The highest BCUT2D eigenvalue weighted by molar-refractivity contribution is 5.96. The van der Waals surface area contributed by atoms with E-state index < -0.39 is 5.41 Å². The first-order valence-electron chi connectivity index (χ1n) is 12.3. The van der Waals surface area contributed by atoms with Gasteiger partial charge < -0.3 is 15.0 Å². The number of amides is 1. The second-order valence-corrected chi connectivity index (χ2v) is 9.89. The van der Waals surface area contributed by atoms with Crippen molar-refractivity contribution >= 4 is 11.7 Å². The SMILES string of the molecule is COc1ccc(C(=O)CCC[N+]2(C)CC[C@@H](C(C(N)=O)(c3ccccc3)c3ccccc3)C2)cc1. The third-order valence-electron chi connectivity index (χ3n) is 7.65. The molecule has 0 aromatic heterocycles. The third-order valence-corrected chi connectivity index (χ3v) is 7.65. The second-order valence-electron chi connectivity index (χ2n) is 9.89. The number of hydrogen-bond donors (Lipinski definition) is 1. The van der Waals surface area contributed by atoms with E-state index >= 15 is 0 Å². The van der Waals surface area contributed by atoms with Crippen molar-refractivity contribution < 1.29 is 18.8 Å². The average molecular weight is 472 g/mol. The zero-order valence-corrected chi connectivity index (χ0v) is 20.7. The Morgan fingerprint density at radius 2 is 1.51 bits per heavy atom. The van der Waals surface area contributed by atoms with Crippen LogP contribution in [0.1, 0.15) is 40.7 Å². The minimum atomic E-state index is -0.878. The number of hydrogen-bond acceptors (Lipinski definition) is 3. The first-order chi connectivity index (χ1) is 16.9. The smallest absolute Gasteiger partial charge is 0.233 e. The number of quaternary nitrogens is 1. The van der Waals surface area contributed by atoms with E-state index in [1.807, 2.05) is 84.9 Å². The van der Waals surface area contributed by atoms with Crippen LogP contribution in [-0.2, 0) is 10.2 Å². The molecule has 1 aliphatic heterocycles. The normalized spacial score (nSPS) is 19.9. The molecule has 0 radical (unpaired) electrons. The summed E-state index contributed by atoms with van der Waals surface area (Å²) in [6, 6.07) is 27.2. The molecule has 4 rings (SSSR count). The van der Waals surface area contributed by atoms with Crippen LogP contribution in [0, 0.1) is 5.92 Å². The van der Waals surface area contributed by atoms with Gasteiger partial charge in [-0.25, -0.2) is 0 Å². The minimum absolute atomic E-state index is 0.0760. The lowest BCUT2D eigenvalue weighted by Crippen LogP contribution is -2.51. The van der Waals surface area contributed by atoms with Crippen LogP contribution in [0.4, 0.5) is 0 Å². The van der Waals surface area contributed by atoms with E-state index in [4.69, 9.17) is 10.5 Å². The summed E-state index contributed by atoms with van der Waals surface area (Å²) in [6.45, 7) is 2.68. The average Bonchev–Trinajstić information content (AvgIpc) is 3.27. The highest BCUT2D eigenvalue weighted by atomic mass is 16.5. The van der Waals surface area contributed by atoms with Crippen molar-refractivity contribution in [1.82, 2.24) is 0 Å². The molecule has 1 unspecified atom stereocenters. The zero-order chi connectivity index (χ0) is 24.9. The van der Waals surface area contributed by atoms with Crippen molar-refractivity contribution in [3.05, 3.63) is 102 Å². The van der Waals surface area contributed by atoms with Gasteiger partial charge in [0.05, 0.1) is 33.8 Å². The molecule has 0 saturated carbocycles. The van der Waals surface area contributed by atoms with E-state index in [0.717, 1.165) is 53.8 Å². The molecule has 0 spiro atoms. The zero-order valence-electron chi connectivity index (χ0n) is 20.7. The number of Topliss-reactive ketones (excluding diaryl/α,β-unsaturated/α-hetero) is 1. The van der Waals surface area contributed by atoms with E-state index in [1.54, 1.807) is 7.11 Å². The Morgan fingerprint density at radius 3 is 2.03 bits per heavy atom. The summed E-state index contributed by atoms with van der Waals surface area (Å²) in [5.74, 6) is 0.669. The summed E-state index contributed by atoms with van der Waals surface area (Å²) in [5.41, 5.74) is 7.97. The monoisotopic (exact) mass is 471 g/mol. The lowest BCUT2D eigenvalue weighted by atomic mass is 9.64. The van der Waals surface area contributed by atoms with Gasteiger partial charge in [0.25, 0.3) is 0 Å². The quantitative estimate of drug-likeness (QED) is 0.347. The first kappa shape index (κ1) is 24.7. The van der Waals surface area contributed by atoms with E-state index in [1.165, 1.54) is 0 Å². The Labute approximate surface area is 208 Å². The molecule has 3 aromatic carbocycles. The molecule has 1 amide bonds. The number of carbonyl (C=O) groups is 2. The van der Waals surface area contributed by atoms with Crippen LogP contribution in [0.5, 0.6) is 5.75 Å². The maximum Gasteiger partial charge on any atom is 0.233 e. The summed E-state index contributed by atoms with van der Waals surface area (Å²) < 4.78 is 6.01. The van der Waals surface area contributed by atoms with E-state index in [2.05, 4.69) is 7.05 Å². The van der Waals surface area contributed by atoms with Crippen molar-refractivity contribution in [3.63, 3.8) is 0 Å². The topological polar surface area (TPSA) is 69.4 Å². The largest absolute Gasteiger partial charge is 0.497 e. The molecule has 0 aliphatic carbocycles. The summed E-state index contributed by atoms with van der Waals surface area (Å²) in [5, 5.41) is 0. The van der Waals surface area contributed by atoms with Gasteiger partial charge in [-0.05, 0) is 35.4 Å². The summed E-state index contributed by atoms with van der Waals surface area (Å²) in [4.78, 5) is 26.0. The maximum absolute atomic E-state index is 13.3. The van der Waals surface area contributed by atoms with Crippen molar-refractivity contribution in [2.75, 3.05) is 33.8 Å².